The first kappa shape index (κ1) is 35.1. The van der Waals surface area contributed by atoms with Gasteiger partial charge < -0.3 is 26.4 Å². The Bertz CT molecular complexity index is 912. The van der Waals surface area contributed by atoms with Crippen LogP contribution in [0.3, 0.4) is 0 Å². The zero-order valence-electron chi connectivity index (χ0n) is 23.9. The first-order valence-corrected chi connectivity index (χ1v) is 13.6. The second-order valence-electron chi connectivity index (χ2n) is 8.61. The average molecular weight is 541 g/mol. The Morgan fingerprint density at radius 2 is 1.26 bits per heavy atom. The van der Waals surface area contributed by atoms with Crippen LogP contribution >= 0.6 is 0 Å². The highest BCUT2D eigenvalue weighted by Crippen LogP contribution is 1.98. The summed E-state index contributed by atoms with van der Waals surface area (Å²) in [5.41, 5.74) is 11.1. The van der Waals surface area contributed by atoms with E-state index in [0.717, 1.165) is 38.5 Å². The number of amides is 2. The highest BCUT2D eigenvalue weighted by Gasteiger charge is 2.04. The summed E-state index contributed by atoms with van der Waals surface area (Å²) in [7, 11) is 3.37. The molecule has 0 aliphatic rings. The molecule has 0 rings (SSSR count). The normalized spacial score (nSPS) is 13.2. The van der Waals surface area contributed by atoms with E-state index in [1.54, 1.807) is 14.1 Å². The molecule has 39 heavy (non-hydrogen) atoms. The van der Waals surface area contributed by atoms with Crippen LogP contribution in [0.15, 0.2) is 82.9 Å². The van der Waals surface area contributed by atoms with Crippen LogP contribution in [0.2, 0.25) is 0 Å². The minimum absolute atomic E-state index is 0.0448. The number of nitrogens with one attached hydrogen (secondary N) is 1. The lowest BCUT2D eigenvalue weighted by molar-refractivity contribution is -0.121. The van der Waals surface area contributed by atoms with Gasteiger partial charge in [0.1, 0.15) is 0 Å². The number of nitrogens with two attached hydrogens (primary N) is 2. The molecule has 0 bridgehead atoms. The first-order chi connectivity index (χ1) is 18.9. The Morgan fingerprint density at radius 1 is 0.769 bits per heavy atom. The van der Waals surface area contributed by atoms with Crippen LogP contribution in [-0.2, 0) is 9.53 Å². The molecule has 216 valence electrons. The van der Waals surface area contributed by atoms with Gasteiger partial charge in [0.15, 0.2) is 5.96 Å². The van der Waals surface area contributed by atoms with Gasteiger partial charge in [-0.1, -0.05) is 79.8 Å². The Kier molecular flexibility index (Phi) is 23.2. The number of carbonyl (C=O) groups excluding carboxylic acids is 2. The maximum absolute atomic E-state index is 11.9. The molecule has 0 atom stereocenters. The van der Waals surface area contributed by atoms with E-state index >= 15 is 0 Å². The summed E-state index contributed by atoms with van der Waals surface area (Å²) < 4.78 is 4.93. The molecule has 0 spiro atoms. The van der Waals surface area contributed by atoms with Gasteiger partial charge in [-0.05, 0) is 51.4 Å². The van der Waals surface area contributed by atoms with Crippen LogP contribution < -0.4 is 16.8 Å². The Hall–Kier alpha value is -3.88. The molecule has 9 nitrogen and oxygen atoms in total. The summed E-state index contributed by atoms with van der Waals surface area (Å²) in [6.07, 6.45) is 32.3. The minimum atomic E-state index is -0.855. The minimum Gasteiger partial charge on any atom is -0.448 e. The van der Waals surface area contributed by atoms with E-state index in [2.05, 4.69) is 89.1 Å². The topological polar surface area (TPSA) is 135 Å². The van der Waals surface area contributed by atoms with Gasteiger partial charge in [0.25, 0.3) is 0 Å². The van der Waals surface area contributed by atoms with E-state index in [9.17, 15) is 9.59 Å². The van der Waals surface area contributed by atoms with Gasteiger partial charge in [0, 0.05) is 27.1 Å². The third-order valence-corrected chi connectivity index (χ3v) is 4.90. The summed E-state index contributed by atoms with van der Waals surface area (Å²) in [5, 5.41) is 2.79. The molecule has 0 unspecified atom stereocenters. The van der Waals surface area contributed by atoms with Crippen LogP contribution in [0.1, 0.15) is 64.7 Å². The maximum atomic E-state index is 11.9. The molecule has 5 N–H and O–H groups in total. The largest absolute Gasteiger partial charge is 0.448 e. The van der Waals surface area contributed by atoms with Crippen LogP contribution in [-0.4, -0.2) is 56.1 Å². The van der Waals surface area contributed by atoms with Crippen molar-refractivity contribution in [2.45, 2.75) is 64.7 Å². The fraction of sp³-hybridized carbons (Fsp3) is 0.467. The molecule has 0 aromatic carbocycles. The zero-order valence-corrected chi connectivity index (χ0v) is 23.9. The van der Waals surface area contributed by atoms with Gasteiger partial charge in [0.2, 0.25) is 11.9 Å². The molecule has 0 aliphatic heterocycles. The Balaban J connectivity index is 3.76. The number of nitrogens with zero attached hydrogens (tertiary/aromatic N) is 3. The van der Waals surface area contributed by atoms with E-state index in [0.29, 0.717) is 25.8 Å². The van der Waals surface area contributed by atoms with Gasteiger partial charge >= 0.3 is 6.09 Å². The molecule has 2 amide bonds. The molecular formula is C30H48N6O3. The van der Waals surface area contributed by atoms with Crippen molar-refractivity contribution >= 4 is 23.9 Å². The van der Waals surface area contributed by atoms with Crippen molar-refractivity contribution in [3.05, 3.63) is 72.9 Å². The van der Waals surface area contributed by atoms with Crippen LogP contribution in [0.4, 0.5) is 4.79 Å². The molecule has 0 radical (unpaired) electrons. The number of hydrogen-bond donors (Lipinski definition) is 3. The van der Waals surface area contributed by atoms with Crippen molar-refractivity contribution in [2.24, 2.45) is 21.5 Å². The lowest BCUT2D eigenvalue weighted by Gasteiger charge is -2.09. The fourth-order valence-corrected chi connectivity index (χ4v) is 2.77. The third-order valence-electron chi connectivity index (χ3n) is 4.90. The average Bonchev–Trinajstić information content (AvgIpc) is 2.89. The summed E-state index contributed by atoms with van der Waals surface area (Å²) in [6, 6.07) is 0. The second-order valence-corrected chi connectivity index (χ2v) is 8.61. The summed E-state index contributed by atoms with van der Waals surface area (Å²) in [5.74, 6) is -0.207. The smallest absolute Gasteiger partial charge is 0.436 e. The molecule has 0 fully saturated rings. The quantitative estimate of drug-likeness (QED) is 0.0934. The molecule has 0 heterocycles. The van der Waals surface area contributed by atoms with E-state index in [-0.39, 0.29) is 24.4 Å². The van der Waals surface area contributed by atoms with Crippen molar-refractivity contribution in [3.8, 4) is 0 Å². The van der Waals surface area contributed by atoms with Crippen molar-refractivity contribution in [1.29, 1.82) is 0 Å². The molecule has 0 aliphatic carbocycles. The highest BCUT2D eigenvalue weighted by atomic mass is 16.5. The Morgan fingerprint density at radius 3 is 1.74 bits per heavy atom. The molecule has 0 saturated heterocycles. The summed E-state index contributed by atoms with van der Waals surface area (Å²) >= 11 is 0. The van der Waals surface area contributed by atoms with Crippen LogP contribution in [0.25, 0.3) is 0 Å². The van der Waals surface area contributed by atoms with Gasteiger partial charge in [-0.15, -0.1) is 4.99 Å². The van der Waals surface area contributed by atoms with E-state index in [1.165, 1.54) is 4.90 Å². The van der Waals surface area contributed by atoms with Crippen LogP contribution in [0, 0.1) is 0 Å². The molecular weight excluding hydrogens is 492 g/mol. The molecule has 0 aromatic rings. The third kappa shape index (κ3) is 25.5. The fourth-order valence-electron chi connectivity index (χ4n) is 2.77. The number of rotatable bonds is 18. The van der Waals surface area contributed by atoms with Gasteiger partial charge in [-0.2, -0.15) is 4.99 Å². The number of carbonyl (C=O) groups is 2. The zero-order chi connectivity index (χ0) is 29.0. The van der Waals surface area contributed by atoms with Gasteiger partial charge in [0.05, 0.1) is 6.61 Å². The monoisotopic (exact) mass is 540 g/mol. The van der Waals surface area contributed by atoms with E-state index in [1.807, 2.05) is 6.08 Å². The van der Waals surface area contributed by atoms with Gasteiger partial charge in [-0.25, -0.2) is 4.79 Å². The SMILES string of the molecule is CCC=CCC=CCC=CCC=CCC=CCC=CCCC(=O)NCCCOC(=O)N=C(N)N=C(N)N(C)C. The first-order valence-electron chi connectivity index (χ1n) is 13.6. The van der Waals surface area contributed by atoms with E-state index in [4.69, 9.17) is 16.2 Å². The van der Waals surface area contributed by atoms with Crippen molar-refractivity contribution in [3.63, 3.8) is 0 Å². The molecule has 0 aromatic heterocycles. The lowest BCUT2D eigenvalue weighted by Crippen LogP contribution is -2.32. The van der Waals surface area contributed by atoms with Crippen molar-refractivity contribution in [1.82, 2.24) is 10.2 Å². The predicted octanol–water partition coefficient (Wildman–Crippen LogP) is 5.30. The molecule has 9 heteroatoms. The number of guanidine groups is 2. The number of aliphatic imine (C=N–C) groups is 2. The maximum Gasteiger partial charge on any atom is 0.436 e. The van der Waals surface area contributed by atoms with Gasteiger partial charge in [-0.3, -0.25) is 4.79 Å². The Labute approximate surface area is 234 Å². The standard InChI is InChI=1S/C30H48N6O3/c1-4-5-6-7-8-9-10-11-12-13-14-15-16-17-18-19-20-21-22-24-27(37)33-25-23-26-39-30(38)35-28(31)34-29(32)36(2)3/h5-6,8-9,11-12,14-15,17-18,20-21H,4,7,10,13,16,19,22-26H2,1-3H3,(H,33,37)(H4,31,32,34,35,38). The number of hydrogen-bond acceptors (Lipinski definition) is 3. The van der Waals surface area contributed by atoms with Crippen LogP contribution in [0.5, 0.6) is 0 Å². The summed E-state index contributed by atoms with van der Waals surface area (Å²) in [6.45, 7) is 2.65. The lowest BCUT2D eigenvalue weighted by atomic mass is 10.2. The molecule has 0 saturated carbocycles. The predicted molar refractivity (Wildman–Crippen MR) is 163 cm³/mol. The second kappa shape index (κ2) is 25.8. The van der Waals surface area contributed by atoms with E-state index < -0.39 is 6.09 Å². The number of allylic oxidation sites excluding steroid dienone is 12. The van der Waals surface area contributed by atoms with Crippen molar-refractivity contribution < 1.29 is 14.3 Å². The number of ether oxygens (including phenoxy) is 1. The van der Waals surface area contributed by atoms with Crippen molar-refractivity contribution in [2.75, 3.05) is 27.2 Å². The summed E-state index contributed by atoms with van der Waals surface area (Å²) in [4.78, 5) is 32.2. The highest BCUT2D eigenvalue weighted by molar-refractivity contribution is 5.97.